The van der Waals surface area contributed by atoms with E-state index >= 15 is 0 Å². The quantitative estimate of drug-likeness (QED) is 0.696. The van der Waals surface area contributed by atoms with Crippen LogP contribution in [0.25, 0.3) is 0 Å². The number of rotatable bonds is 4. The molecule has 2 aromatic rings. The van der Waals surface area contributed by atoms with E-state index in [9.17, 15) is 9.59 Å². The number of nitrogens with one attached hydrogen (secondary N) is 1. The maximum Gasteiger partial charge on any atom is 0.333 e. The summed E-state index contributed by atoms with van der Waals surface area (Å²) < 4.78 is 5.45. The van der Waals surface area contributed by atoms with Crippen LogP contribution < -0.4 is 10.1 Å². The van der Waals surface area contributed by atoms with E-state index in [1.807, 2.05) is 39.0 Å². The second-order valence-electron chi connectivity index (χ2n) is 5.69. The van der Waals surface area contributed by atoms with Crippen LogP contribution in [0.15, 0.2) is 42.5 Å². The molecule has 1 amide bonds. The van der Waals surface area contributed by atoms with Crippen LogP contribution in [0.2, 0.25) is 0 Å². The Bertz CT molecular complexity index is 723. The van der Waals surface area contributed by atoms with E-state index in [-0.39, 0.29) is 5.91 Å². The summed E-state index contributed by atoms with van der Waals surface area (Å²) >= 11 is 0. The van der Waals surface area contributed by atoms with Gasteiger partial charge in [0.25, 0.3) is 5.91 Å². The van der Waals surface area contributed by atoms with E-state index in [1.165, 1.54) is 0 Å². The third-order valence-electron chi connectivity index (χ3n) is 3.71. The van der Waals surface area contributed by atoms with Crippen molar-refractivity contribution in [2.75, 3.05) is 0 Å². The van der Waals surface area contributed by atoms with Crippen LogP contribution in [-0.2, 0) is 4.79 Å². The molecule has 0 aromatic heterocycles. The van der Waals surface area contributed by atoms with Crippen molar-refractivity contribution in [1.29, 1.82) is 0 Å². The first kappa shape index (κ1) is 16.7. The molecule has 0 radical (unpaired) electrons. The molecule has 1 atom stereocenters. The molecule has 120 valence electrons. The van der Waals surface area contributed by atoms with E-state index in [2.05, 4.69) is 5.32 Å². The van der Waals surface area contributed by atoms with Gasteiger partial charge in [-0.25, -0.2) is 4.79 Å². The van der Waals surface area contributed by atoms with Gasteiger partial charge in [0, 0.05) is 5.56 Å². The number of aryl methyl sites for hydroxylation is 2. The van der Waals surface area contributed by atoms with E-state index in [0.717, 1.165) is 16.7 Å². The van der Waals surface area contributed by atoms with E-state index < -0.39 is 12.0 Å². The lowest BCUT2D eigenvalue weighted by Crippen LogP contribution is -2.40. The monoisotopic (exact) mass is 311 g/mol. The highest BCUT2D eigenvalue weighted by Crippen LogP contribution is 2.23. The molecule has 4 nitrogen and oxygen atoms in total. The lowest BCUT2D eigenvalue weighted by molar-refractivity contribution is -0.136. The van der Waals surface area contributed by atoms with Gasteiger partial charge in [-0.15, -0.1) is 0 Å². The van der Waals surface area contributed by atoms with Crippen LogP contribution in [0.5, 0.6) is 5.75 Å². The van der Waals surface area contributed by atoms with E-state index in [0.29, 0.717) is 11.3 Å². The SMILES string of the molecule is Cc1cc(C)c(C)c(OC(=O)C(C)NC(=O)c2ccccc2)c1. The summed E-state index contributed by atoms with van der Waals surface area (Å²) in [6.45, 7) is 7.44. The average molecular weight is 311 g/mol. The second-order valence-corrected chi connectivity index (χ2v) is 5.69. The standard InChI is InChI=1S/C19H21NO3/c1-12-10-13(2)14(3)17(11-12)23-19(22)15(4)20-18(21)16-8-6-5-7-9-16/h5-11,15H,1-4H3,(H,20,21). The Morgan fingerprint density at radius 3 is 2.35 bits per heavy atom. The average Bonchev–Trinajstić information content (AvgIpc) is 2.52. The Morgan fingerprint density at radius 1 is 1.04 bits per heavy atom. The predicted octanol–water partition coefficient (Wildman–Crippen LogP) is 3.34. The van der Waals surface area contributed by atoms with Gasteiger partial charge in [-0.2, -0.15) is 0 Å². The van der Waals surface area contributed by atoms with Gasteiger partial charge < -0.3 is 10.1 Å². The summed E-state index contributed by atoms with van der Waals surface area (Å²) in [5.74, 6) is -0.247. The zero-order valence-corrected chi connectivity index (χ0v) is 13.8. The minimum atomic E-state index is -0.733. The zero-order valence-electron chi connectivity index (χ0n) is 13.8. The van der Waals surface area contributed by atoms with Crippen LogP contribution in [0, 0.1) is 20.8 Å². The van der Waals surface area contributed by atoms with Crippen molar-refractivity contribution in [3.8, 4) is 5.75 Å². The molecule has 0 saturated carbocycles. The zero-order chi connectivity index (χ0) is 17.0. The van der Waals surface area contributed by atoms with Crippen LogP contribution in [0.3, 0.4) is 0 Å². The second kappa shape index (κ2) is 7.09. The van der Waals surface area contributed by atoms with E-state index in [4.69, 9.17) is 4.74 Å². The first-order valence-corrected chi connectivity index (χ1v) is 7.54. The van der Waals surface area contributed by atoms with Gasteiger partial charge in [0.05, 0.1) is 0 Å². The van der Waals surface area contributed by atoms with Crippen molar-refractivity contribution in [2.24, 2.45) is 0 Å². The van der Waals surface area contributed by atoms with Crippen molar-refractivity contribution in [3.05, 3.63) is 64.7 Å². The van der Waals surface area contributed by atoms with Crippen LogP contribution >= 0.6 is 0 Å². The Labute approximate surface area is 136 Å². The molecule has 4 heteroatoms. The number of hydrogen-bond donors (Lipinski definition) is 1. The normalized spacial score (nSPS) is 11.7. The van der Waals surface area contributed by atoms with Gasteiger partial charge in [-0.1, -0.05) is 24.3 Å². The van der Waals surface area contributed by atoms with E-state index in [1.54, 1.807) is 31.2 Å². The summed E-state index contributed by atoms with van der Waals surface area (Å²) in [4.78, 5) is 24.3. The van der Waals surface area contributed by atoms with Crippen molar-refractivity contribution >= 4 is 11.9 Å². The highest BCUT2D eigenvalue weighted by molar-refractivity contribution is 5.96. The number of ether oxygens (including phenoxy) is 1. The number of esters is 1. The molecule has 2 aromatic carbocycles. The molecule has 1 N–H and O–H groups in total. The summed E-state index contributed by atoms with van der Waals surface area (Å²) in [6.07, 6.45) is 0. The first-order valence-electron chi connectivity index (χ1n) is 7.54. The van der Waals surface area contributed by atoms with Crippen molar-refractivity contribution in [2.45, 2.75) is 33.7 Å². The molecule has 0 spiro atoms. The lowest BCUT2D eigenvalue weighted by Gasteiger charge is -2.15. The van der Waals surface area contributed by atoms with Crippen molar-refractivity contribution < 1.29 is 14.3 Å². The summed E-state index contributed by atoms with van der Waals surface area (Å²) in [6, 6.07) is 11.9. The predicted molar refractivity (Wildman–Crippen MR) is 89.7 cm³/mol. The minimum absolute atomic E-state index is 0.299. The van der Waals surface area contributed by atoms with Crippen LogP contribution in [-0.4, -0.2) is 17.9 Å². The Hall–Kier alpha value is -2.62. The largest absolute Gasteiger partial charge is 0.425 e. The van der Waals surface area contributed by atoms with Gasteiger partial charge in [-0.3, -0.25) is 4.79 Å². The number of hydrogen-bond acceptors (Lipinski definition) is 3. The van der Waals surface area contributed by atoms with Gasteiger partial charge in [-0.05, 0) is 62.6 Å². The van der Waals surface area contributed by atoms with Gasteiger partial charge in [0.1, 0.15) is 11.8 Å². The number of benzene rings is 2. The summed E-state index contributed by atoms with van der Waals surface area (Å²) in [7, 11) is 0. The molecular formula is C19H21NO3. The third-order valence-corrected chi connectivity index (χ3v) is 3.71. The molecular weight excluding hydrogens is 290 g/mol. The topological polar surface area (TPSA) is 55.4 Å². The Kier molecular flexibility index (Phi) is 5.16. The highest BCUT2D eigenvalue weighted by atomic mass is 16.5. The van der Waals surface area contributed by atoms with Gasteiger partial charge in [0.15, 0.2) is 0 Å². The maximum absolute atomic E-state index is 12.2. The van der Waals surface area contributed by atoms with Gasteiger partial charge >= 0.3 is 5.97 Å². The first-order chi connectivity index (χ1) is 10.9. The summed E-state index contributed by atoms with van der Waals surface area (Å²) in [5, 5.41) is 2.65. The lowest BCUT2D eigenvalue weighted by atomic mass is 10.1. The van der Waals surface area contributed by atoms with Crippen molar-refractivity contribution in [3.63, 3.8) is 0 Å². The fourth-order valence-electron chi connectivity index (χ4n) is 2.23. The molecule has 2 rings (SSSR count). The van der Waals surface area contributed by atoms with Crippen LogP contribution in [0.4, 0.5) is 0 Å². The number of carbonyl (C=O) groups is 2. The molecule has 0 bridgehead atoms. The molecule has 0 aliphatic carbocycles. The molecule has 0 saturated heterocycles. The molecule has 23 heavy (non-hydrogen) atoms. The number of amides is 1. The highest BCUT2D eigenvalue weighted by Gasteiger charge is 2.19. The Morgan fingerprint density at radius 2 is 1.70 bits per heavy atom. The molecule has 0 fully saturated rings. The minimum Gasteiger partial charge on any atom is -0.425 e. The maximum atomic E-state index is 12.2. The smallest absolute Gasteiger partial charge is 0.333 e. The fraction of sp³-hybridized carbons (Fsp3) is 0.263. The summed E-state index contributed by atoms with van der Waals surface area (Å²) in [5.41, 5.74) is 3.52. The van der Waals surface area contributed by atoms with Gasteiger partial charge in [0.2, 0.25) is 0 Å². The molecule has 0 aliphatic heterocycles. The third kappa shape index (κ3) is 4.19. The molecule has 0 aliphatic rings. The molecule has 0 heterocycles. The Balaban J connectivity index is 2.05. The number of carbonyl (C=O) groups excluding carboxylic acids is 2. The molecule has 1 unspecified atom stereocenters. The van der Waals surface area contributed by atoms with Crippen molar-refractivity contribution in [1.82, 2.24) is 5.32 Å². The van der Waals surface area contributed by atoms with Crippen LogP contribution in [0.1, 0.15) is 34.0 Å². The fourth-order valence-corrected chi connectivity index (χ4v) is 2.23.